The predicted molar refractivity (Wildman–Crippen MR) is 62.7 cm³/mol. The maximum absolute atomic E-state index is 4.10. The van der Waals surface area contributed by atoms with E-state index in [1.807, 2.05) is 18.8 Å². The van der Waals surface area contributed by atoms with Crippen LogP contribution < -0.4 is 5.32 Å². The molecule has 0 aliphatic rings. The van der Waals surface area contributed by atoms with E-state index in [0.717, 1.165) is 6.42 Å². The van der Waals surface area contributed by atoms with E-state index in [4.69, 9.17) is 0 Å². The zero-order valence-corrected chi connectivity index (χ0v) is 10.3. The van der Waals surface area contributed by atoms with Crippen LogP contribution in [-0.2, 0) is 6.42 Å². The molecule has 0 saturated carbocycles. The molecule has 0 saturated heterocycles. The molecule has 0 fully saturated rings. The summed E-state index contributed by atoms with van der Waals surface area (Å²) >= 11 is 1.74. The van der Waals surface area contributed by atoms with Crippen LogP contribution in [0, 0.1) is 5.41 Å². The van der Waals surface area contributed by atoms with Crippen LogP contribution in [0.1, 0.15) is 32.1 Å². The first kappa shape index (κ1) is 11.7. The average Bonchev–Trinajstić information content (AvgIpc) is 2.53. The zero-order valence-electron chi connectivity index (χ0n) is 9.50. The first-order valence-electron chi connectivity index (χ1n) is 5.06. The lowest BCUT2D eigenvalue weighted by Crippen LogP contribution is -2.31. The number of likely N-dealkylation sites (N-methyl/N-ethyl adjacent to an activating group) is 1. The van der Waals surface area contributed by atoms with Crippen LogP contribution >= 0.6 is 11.3 Å². The van der Waals surface area contributed by atoms with Crippen molar-refractivity contribution < 1.29 is 0 Å². The van der Waals surface area contributed by atoms with Crippen LogP contribution in [0.25, 0.3) is 0 Å². The Kier molecular flexibility index (Phi) is 4.08. The number of nitrogens with zero attached hydrogens (tertiary/aromatic N) is 1. The maximum atomic E-state index is 4.10. The first-order valence-corrected chi connectivity index (χ1v) is 5.94. The van der Waals surface area contributed by atoms with Crippen LogP contribution in [-0.4, -0.2) is 18.1 Å². The van der Waals surface area contributed by atoms with Gasteiger partial charge in [-0.05, 0) is 25.3 Å². The summed E-state index contributed by atoms with van der Waals surface area (Å²) in [7, 11) is 2.04. The van der Waals surface area contributed by atoms with Crippen molar-refractivity contribution in [2.75, 3.05) is 7.05 Å². The predicted octanol–water partition coefficient (Wildman–Crippen LogP) is 2.71. The van der Waals surface area contributed by atoms with Crippen molar-refractivity contribution >= 4 is 11.3 Å². The quantitative estimate of drug-likeness (QED) is 0.830. The van der Waals surface area contributed by atoms with Gasteiger partial charge in [0, 0.05) is 17.1 Å². The molecule has 3 heteroatoms. The van der Waals surface area contributed by atoms with Crippen molar-refractivity contribution in [3.63, 3.8) is 0 Å². The second kappa shape index (κ2) is 4.89. The van der Waals surface area contributed by atoms with E-state index < -0.39 is 0 Å². The molecule has 1 heterocycles. The summed E-state index contributed by atoms with van der Waals surface area (Å²) in [6, 6.07) is 0.565. The van der Waals surface area contributed by atoms with E-state index >= 15 is 0 Å². The van der Waals surface area contributed by atoms with Crippen LogP contribution in [0.15, 0.2) is 11.7 Å². The molecule has 14 heavy (non-hydrogen) atoms. The Bertz CT molecular complexity index is 249. The molecule has 0 aliphatic heterocycles. The van der Waals surface area contributed by atoms with Crippen LogP contribution in [0.4, 0.5) is 0 Å². The monoisotopic (exact) mass is 212 g/mol. The van der Waals surface area contributed by atoms with Crippen molar-refractivity contribution in [2.24, 2.45) is 5.41 Å². The third kappa shape index (κ3) is 4.20. The molecular formula is C11H20N2S. The number of hydrogen-bond donors (Lipinski definition) is 1. The van der Waals surface area contributed by atoms with Gasteiger partial charge in [0.15, 0.2) is 0 Å². The minimum atomic E-state index is 0.387. The summed E-state index contributed by atoms with van der Waals surface area (Å²) in [4.78, 5) is 5.47. The fourth-order valence-corrected chi connectivity index (χ4v) is 2.28. The fourth-order valence-electron chi connectivity index (χ4n) is 1.60. The zero-order chi connectivity index (χ0) is 10.6. The molecule has 0 spiro atoms. The lowest BCUT2D eigenvalue weighted by Gasteiger charge is -2.25. The van der Waals surface area contributed by atoms with Crippen molar-refractivity contribution in [1.29, 1.82) is 0 Å². The van der Waals surface area contributed by atoms with Gasteiger partial charge in [-0.1, -0.05) is 20.8 Å². The largest absolute Gasteiger partial charge is 0.317 e. The summed E-state index contributed by atoms with van der Waals surface area (Å²) in [5, 5.41) is 3.38. The highest BCUT2D eigenvalue weighted by Gasteiger charge is 2.17. The molecule has 1 aromatic heterocycles. The average molecular weight is 212 g/mol. The first-order chi connectivity index (χ1) is 6.51. The Morgan fingerprint density at radius 2 is 2.21 bits per heavy atom. The highest BCUT2D eigenvalue weighted by atomic mass is 32.1. The normalized spacial score (nSPS) is 14.3. The lowest BCUT2D eigenvalue weighted by molar-refractivity contribution is 0.316. The maximum Gasteiger partial charge on any atom is 0.0794 e. The topological polar surface area (TPSA) is 24.9 Å². The molecule has 0 radical (unpaired) electrons. The van der Waals surface area contributed by atoms with Crippen molar-refractivity contribution in [3.05, 3.63) is 16.6 Å². The Hall–Kier alpha value is -0.410. The van der Waals surface area contributed by atoms with Crippen molar-refractivity contribution in [3.8, 4) is 0 Å². The van der Waals surface area contributed by atoms with E-state index in [9.17, 15) is 0 Å². The molecule has 0 aliphatic carbocycles. The minimum Gasteiger partial charge on any atom is -0.317 e. The lowest BCUT2D eigenvalue weighted by atomic mass is 9.87. The van der Waals surface area contributed by atoms with Gasteiger partial charge in [0.05, 0.1) is 5.51 Å². The summed E-state index contributed by atoms with van der Waals surface area (Å²) in [6.45, 7) is 6.85. The van der Waals surface area contributed by atoms with E-state index in [1.165, 1.54) is 11.3 Å². The van der Waals surface area contributed by atoms with Crippen LogP contribution in [0.2, 0.25) is 0 Å². The summed E-state index contributed by atoms with van der Waals surface area (Å²) in [6.07, 6.45) is 4.26. The van der Waals surface area contributed by atoms with Gasteiger partial charge in [-0.25, -0.2) is 0 Å². The standard InChI is InChI=1S/C11H20N2S/c1-11(2,3)6-9(12-4)5-10-7-13-8-14-10/h7-9,12H,5-6H2,1-4H3. The highest BCUT2D eigenvalue weighted by molar-refractivity contribution is 7.09. The van der Waals surface area contributed by atoms with Gasteiger partial charge in [0.2, 0.25) is 0 Å². The molecule has 1 rings (SSSR count). The summed E-state index contributed by atoms with van der Waals surface area (Å²) < 4.78 is 0. The van der Waals surface area contributed by atoms with E-state index in [0.29, 0.717) is 11.5 Å². The third-order valence-electron chi connectivity index (χ3n) is 2.20. The summed E-state index contributed by atoms with van der Waals surface area (Å²) in [5.74, 6) is 0. The number of thiazole rings is 1. The van der Waals surface area contributed by atoms with Crippen molar-refractivity contribution in [2.45, 2.75) is 39.7 Å². The molecule has 1 N–H and O–H groups in total. The molecule has 0 bridgehead atoms. The van der Waals surface area contributed by atoms with E-state index in [2.05, 4.69) is 31.1 Å². The van der Waals surface area contributed by atoms with Gasteiger partial charge in [-0.15, -0.1) is 11.3 Å². The Morgan fingerprint density at radius 1 is 1.50 bits per heavy atom. The Balaban J connectivity index is 2.47. The van der Waals surface area contributed by atoms with Crippen molar-refractivity contribution in [1.82, 2.24) is 10.3 Å². The van der Waals surface area contributed by atoms with Gasteiger partial charge in [-0.2, -0.15) is 0 Å². The van der Waals surface area contributed by atoms with Gasteiger partial charge < -0.3 is 5.32 Å². The number of rotatable bonds is 4. The second-order valence-electron chi connectivity index (χ2n) is 4.92. The molecular weight excluding hydrogens is 192 g/mol. The van der Waals surface area contributed by atoms with Gasteiger partial charge in [0.1, 0.15) is 0 Å². The van der Waals surface area contributed by atoms with E-state index in [1.54, 1.807) is 11.3 Å². The molecule has 1 aromatic rings. The molecule has 0 amide bonds. The third-order valence-corrected chi connectivity index (χ3v) is 3.00. The molecule has 2 nitrogen and oxygen atoms in total. The molecule has 1 unspecified atom stereocenters. The van der Waals surface area contributed by atoms with E-state index in [-0.39, 0.29) is 0 Å². The number of nitrogens with one attached hydrogen (secondary N) is 1. The highest BCUT2D eigenvalue weighted by Crippen LogP contribution is 2.23. The fraction of sp³-hybridized carbons (Fsp3) is 0.727. The Labute approximate surface area is 90.8 Å². The second-order valence-corrected chi connectivity index (χ2v) is 5.89. The molecule has 80 valence electrons. The van der Waals surface area contributed by atoms with Crippen LogP contribution in [0.5, 0.6) is 0 Å². The number of hydrogen-bond acceptors (Lipinski definition) is 3. The SMILES string of the molecule is CNC(Cc1cncs1)CC(C)(C)C. The Morgan fingerprint density at radius 3 is 2.64 bits per heavy atom. The van der Waals surface area contributed by atoms with Crippen LogP contribution in [0.3, 0.4) is 0 Å². The smallest absolute Gasteiger partial charge is 0.0794 e. The van der Waals surface area contributed by atoms with Gasteiger partial charge >= 0.3 is 0 Å². The molecule has 0 aromatic carbocycles. The van der Waals surface area contributed by atoms with Gasteiger partial charge in [-0.3, -0.25) is 4.98 Å². The summed E-state index contributed by atoms with van der Waals surface area (Å²) in [5.41, 5.74) is 2.29. The molecule has 1 atom stereocenters. The minimum absolute atomic E-state index is 0.387. The van der Waals surface area contributed by atoms with Gasteiger partial charge in [0.25, 0.3) is 0 Å². The number of aromatic nitrogens is 1.